The first-order chi connectivity index (χ1) is 11.1. The standard InChI is InChI=1S/C18H23FN2O2.ClH/c1-12-16(20-9-10-23-12)17(22)21-11-18(7-2-3-8-18)15-13(19)5-4-6-14(15)21;/h4-6,12,16,20H,2-3,7-11H2,1H3;1H/t12-,16+;/m1./s1. The molecule has 1 saturated carbocycles. The summed E-state index contributed by atoms with van der Waals surface area (Å²) in [7, 11) is 0. The molecule has 1 aromatic rings. The molecule has 0 aromatic heterocycles. The van der Waals surface area contributed by atoms with E-state index in [1.807, 2.05) is 13.0 Å². The minimum Gasteiger partial charge on any atom is -0.375 e. The predicted octanol–water partition coefficient (Wildman–Crippen LogP) is 2.78. The van der Waals surface area contributed by atoms with E-state index in [2.05, 4.69) is 5.32 Å². The molecule has 1 amide bonds. The quantitative estimate of drug-likeness (QED) is 0.843. The molecule has 24 heavy (non-hydrogen) atoms. The Kier molecular flexibility index (Phi) is 4.87. The van der Waals surface area contributed by atoms with Gasteiger partial charge in [-0.2, -0.15) is 0 Å². The lowest BCUT2D eigenvalue weighted by molar-refractivity contribution is -0.126. The number of hydrogen-bond acceptors (Lipinski definition) is 3. The van der Waals surface area contributed by atoms with Gasteiger partial charge in [0.05, 0.1) is 18.4 Å². The first-order valence-electron chi connectivity index (χ1n) is 8.58. The number of nitrogens with zero attached hydrogens (tertiary/aromatic N) is 1. The number of benzene rings is 1. The van der Waals surface area contributed by atoms with Crippen LogP contribution in [-0.4, -0.2) is 37.7 Å². The highest BCUT2D eigenvalue weighted by atomic mass is 35.5. The molecule has 4 nitrogen and oxygen atoms in total. The molecule has 4 rings (SSSR count). The number of anilines is 1. The molecule has 2 aliphatic heterocycles. The van der Waals surface area contributed by atoms with E-state index in [1.165, 1.54) is 6.07 Å². The monoisotopic (exact) mass is 354 g/mol. The fourth-order valence-corrected chi connectivity index (χ4v) is 4.56. The largest absolute Gasteiger partial charge is 0.375 e. The van der Waals surface area contributed by atoms with Crippen molar-refractivity contribution in [1.29, 1.82) is 0 Å². The average molecular weight is 355 g/mol. The summed E-state index contributed by atoms with van der Waals surface area (Å²) in [4.78, 5) is 14.9. The van der Waals surface area contributed by atoms with Gasteiger partial charge in [-0.15, -0.1) is 12.4 Å². The van der Waals surface area contributed by atoms with Crippen molar-refractivity contribution in [2.24, 2.45) is 0 Å². The average Bonchev–Trinajstić information content (AvgIpc) is 3.14. The summed E-state index contributed by atoms with van der Waals surface area (Å²) >= 11 is 0. The molecular formula is C18H24ClFN2O2. The number of carbonyl (C=O) groups is 1. The summed E-state index contributed by atoms with van der Waals surface area (Å²) in [5.41, 5.74) is 1.33. The van der Waals surface area contributed by atoms with E-state index in [4.69, 9.17) is 4.74 Å². The van der Waals surface area contributed by atoms with Gasteiger partial charge in [-0.1, -0.05) is 18.9 Å². The normalized spacial score (nSPS) is 27.8. The summed E-state index contributed by atoms with van der Waals surface area (Å²) < 4.78 is 20.2. The minimum absolute atomic E-state index is 0. The maximum atomic E-state index is 14.6. The van der Waals surface area contributed by atoms with Crippen molar-refractivity contribution < 1.29 is 13.9 Å². The van der Waals surface area contributed by atoms with E-state index in [9.17, 15) is 9.18 Å². The Bertz CT molecular complexity index is 633. The SMILES string of the molecule is C[C@H]1OCCN[C@@H]1C(=O)N1CC2(CCCC2)c2c(F)cccc21.Cl. The zero-order chi connectivity index (χ0) is 16.0. The molecule has 1 aliphatic carbocycles. The van der Waals surface area contributed by atoms with Crippen molar-refractivity contribution in [2.75, 3.05) is 24.6 Å². The van der Waals surface area contributed by atoms with Crippen LogP contribution in [0.3, 0.4) is 0 Å². The Morgan fingerprint density at radius 1 is 1.38 bits per heavy atom. The van der Waals surface area contributed by atoms with E-state index in [0.717, 1.165) is 36.9 Å². The van der Waals surface area contributed by atoms with E-state index < -0.39 is 0 Å². The highest BCUT2D eigenvalue weighted by Crippen LogP contribution is 2.51. The molecule has 1 N–H and O–H groups in total. The topological polar surface area (TPSA) is 41.6 Å². The third kappa shape index (κ3) is 2.63. The molecular weight excluding hydrogens is 331 g/mol. The Labute approximate surface area is 148 Å². The second-order valence-electron chi connectivity index (χ2n) is 7.05. The van der Waals surface area contributed by atoms with Gasteiger partial charge in [0.1, 0.15) is 11.9 Å². The molecule has 2 fully saturated rings. The van der Waals surface area contributed by atoms with Crippen LogP contribution in [-0.2, 0) is 14.9 Å². The van der Waals surface area contributed by atoms with Gasteiger partial charge in [-0.25, -0.2) is 4.39 Å². The fraction of sp³-hybridized carbons (Fsp3) is 0.611. The number of morpholine rings is 1. The lowest BCUT2D eigenvalue weighted by Gasteiger charge is -2.33. The Balaban J connectivity index is 0.00000169. The van der Waals surface area contributed by atoms with Crippen molar-refractivity contribution >= 4 is 24.0 Å². The molecule has 132 valence electrons. The summed E-state index contributed by atoms with van der Waals surface area (Å²) in [5, 5.41) is 3.26. The van der Waals surface area contributed by atoms with E-state index in [0.29, 0.717) is 19.7 Å². The summed E-state index contributed by atoms with van der Waals surface area (Å²) in [5.74, 6) is -0.159. The van der Waals surface area contributed by atoms with Crippen LogP contribution < -0.4 is 10.2 Å². The molecule has 0 bridgehead atoms. The number of carbonyl (C=O) groups excluding carboxylic acids is 1. The number of amides is 1. The van der Waals surface area contributed by atoms with Gasteiger partial charge in [0.2, 0.25) is 5.91 Å². The number of rotatable bonds is 1. The van der Waals surface area contributed by atoms with Crippen molar-refractivity contribution in [2.45, 2.75) is 50.2 Å². The van der Waals surface area contributed by atoms with Crippen LogP contribution in [0.4, 0.5) is 10.1 Å². The van der Waals surface area contributed by atoms with Crippen LogP contribution in [0.1, 0.15) is 38.2 Å². The van der Waals surface area contributed by atoms with Gasteiger partial charge in [0.25, 0.3) is 0 Å². The van der Waals surface area contributed by atoms with Crippen LogP contribution >= 0.6 is 12.4 Å². The highest BCUT2D eigenvalue weighted by molar-refractivity contribution is 6.00. The Hall–Kier alpha value is -1.17. The lowest BCUT2D eigenvalue weighted by atomic mass is 9.80. The first-order valence-corrected chi connectivity index (χ1v) is 8.58. The fourth-order valence-electron chi connectivity index (χ4n) is 4.56. The smallest absolute Gasteiger partial charge is 0.246 e. The minimum atomic E-state index is -0.351. The number of hydrogen-bond donors (Lipinski definition) is 1. The predicted molar refractivity (Wildman–Crippen MR) is 93.4 cm³/mol. The molecule has 1 spiro atoms. The zero-order valence-corrected chi connectivity index (χ0v) is 14.7. The second kappa shape index (κ2) is 6.62. The van der Waals surface area contributed by atoms with Gasteiger partial charge in [0.15, 0.2) is 0 Å². The summed E-state index contributed by atoms with van der Waals surface area (Å²) in [6.45, 7) is 3.82. The van der Waals surface area contributed by atoms with Crippen molar-refractivity contribution in [3.63, 3.8) is 0 Å². The Morgan fingerprint density at radius 3 is 2.83 bits per heavy atom. The number of nitrogens with one attached hydrogen (secondary N) is 1. The van der Waals surface area contributed by atoms with Crippen LogP contribution in [0.5, 0.6) is 0 Å². The Morgan fingerprint density at radius 2 is 2.12 bits per heavy atom. The van der Waals surface area contributed by atoms with Gasteiger partial charge in [0, 0.05) is 24.1 Å². The lowest BCUT2D eigenvalue weighted by Crippen LogP contribution is -2.56. The van der Waals surface area contributed by atoms with Crippen LogP contribution in [0.25, 0.3) is 0 Å². The number of ether oxygens (including phenoxy) is 1. The van der Waals surface area contributed by atoms with Gasteiger partial charge in [-0.3, -0.25) is 4.79 Å². The van der Waals surface area contributed by atoms with Crippen LogP contribution in [0.15, 0.2) is 18.2 Å². The van der Waals surface area contributed by atoms with Crippen molar-refractivity contribution in [3.05, 3.63) is 29.6 Å². The summed E-state index contributed by atoms with van der Waals surface area (Å²) in [6, 6.07) is 4.77. The van der Waals surface area contributed by atoms with Gasteiger partial charge in [-0.05, 0) is 31.9 Å². The van der Waals surface area contributed by atoms with Gasteiger partial charge >= 0.3 is 0 Å². The molecule has 6 heteroatoms. The molecule has 0 unspecified atom stereocenters. The van der Waals surface area contributed by atoms with Crippen LogP contribution in [0.2, 0.25) is 0 Å². The van der Waals surface area contributed by atoms with E-state index in [-0.39, 0.29) is 41.7 Å². The van der Waals surface area contributed by atoms with Crippen LogP contribution in [0, 0.1) is 5.82 Å². The number of halogens is 2. The second-order valence-corrected chi connectivity index (χ2v) is 7.05. The first kappa shape index (κ1) is 17.6. The maximum absolute atomic E-state index is 14.6. The molecule has 0 radical (unpaired) electrons. The molecule has 1 aromatic carbocycles. The number of fused-ring (bicyclic) bond motifs is 2. The molecule has 2 atom stereocenters. The maximum Gasteiger partial charge on any atom is 0.246 e. The third-order valence-corrected chi connectivity index (χ3v) is 5.68. The molecule has 2 heterocycles. The molecule has 1 saturated heterocycles. The van der Waals surface area contributed by atoms with Crippen molar-refractivity contribution in [1.82, 2.24) is 5.32 Å². The molecule has 3 aliphatic rings. The summed E-state index contributed by atoms with van der Waals surface area (Å²) in [6.07, 6.45) is 3.99. The zero-order valence-electron chi connectivity index (χ0n) is 13.9. The third-order valence-electron chi connectivity index (χ3n) is 5.68. The highest BCUT2D eigenvalue weighted by Gasteiger charge is 2.49. The van der Waals surface area contributed by atoms with Gasteiger partial charge < -0.3 is 15.0 Å². The van der Waals surface area contributed by atoms with Crippen molar-refractivity contribution in [3.8, 4) is 0 Å². The van der Waals surface area contributed by atoms with E-state index >= 15 is 0 Å². The van der Waals surface area contributed by atoms with E-state index in [1.54, 1.807) is 11.0 Å².